The molecule has 1 heterocycles. The van der Waals surface area contributed by atoms with Gasteiger partial charge in [0.2, 0.25) is 0 Å². The SMILES string of the molecule is Cc1ccccc1C(=O)Nc1cn(C)nn1. The van der Waals surface area contributed by atoms with E-state index in [0.717, 1.165) is 5.56 Å². The smallest absolute Gasteiger partial charge is 0.257 e. The number of nitrogens with zero attached hydrogens (tertiary/aromatic N) is 3. The minimum Gasteiger partial charge on any atom is -0.304 e. The van der Waals surface area contributed by atoms with Gasteiger partial charge in [0.1, 0.15) is 0 Å². The van der Waals surface area contributed by atoms with Gasteiger partial charge in [0, 0.05) is 12.6 Å². The number of amides is 1. The van der Waals surface area contributed by atoms with Gasteiger partial charge in [-0.3, -0.25) is 9.48 Å². The van der Waals surface area contributed by atoms with E-state index >= 15 is 0 Å². The second-order valence-electron chi connectivity index (χ2n) is 3.55. The molecule has 16 heavy (non-hydrogen) atoms. The summed E-state index contributed by atoms with van der Waals surface area (Å²) in [7, 11) is 1.75. The van der Waals surface area contributed by atoms with Gasteiger partial charge in [-0.15, -0.1) is 5.10 Å². The van der Waals surface area contributed by atoms with E-state index < -0.39 is 0 Å². The van der Waals surface area contributed by atoms with Gasteiger partial charge < -0.3 is 5.32 Å². The molecular formula is C11H12N4O. The van der Waals surface area contributed by atoms with Crippen molar-refractivity contribution in [2.24, 2.45) is 7.05 Å². The van der Waals surface area contributed by atoms with E-state index in [0.29, 0.717) is 11.4 Å². The van der Waals surface area contributed by atoms with Crippen LogP contribution >= 0.6 is 0 Å². The fourth-order valence-electron chi connectivity index (χ4n) is 1.42. The van der Waals surface area contributed by atoms with Crippen LogP contribution in [0.25, 0.3) is 0 Å². The molecule has 5 nitrogen and oxygen atoms in total. The molecular weight excluding hydrogens is 204 g/mol. The first-order valence-corrected chi connectivity index (χ1v) is 4.90. The Hall–Kier alpha value is -2.17. The lowest BCUT2D eigenvalue weighted by molar-refractivity contribution is 0.102. The van der Waals surface area contributed by atoms with Gasteiger partial charge in [-0.25, -0.2) is 0 Å². The second kappa shape index (κ2) is 4.14. The number of carbonyl (C=O) groups excluding carboxylic acids is 1. The van der Waals surface area contributed by atoms with Crippen LogP contribution in [0.2, 0.25) is 0 Å². The topological polar surface area (TPSA) is 59.8 Å². The predicted octanol–water partition coefficient (Wildman–Crippen LogP) is 1.38. The van der Waals surface area contributed by atoms with Crippen LogP contribution in [0.3, 0.4) is 0 Å². The van der Waals surface area contributed by atoms with Crippen LogP contribution in [0.15, 0.2) is 30.5 Å². The number of aromatic nitrogens is 3. The van der Waals surface area contributed by atoms with Gasteiger partial charge in [-0.1, -0.05) is 23.4 Å². The summed E-state index contributed by atoms with van der Waals surface area (Å²) >= 11 is 0. The number of nitrogens with one attached hydrogen (secondary N) is 1. The summed E-state index contributed by atoms with van der Waals surface area (Å²) in [6.45, 7) is 1.89. The number of hydrogen-bond donors (Lipinski definition) is 1. The zero-order valence-corrected chi connectivity index (χ0v) is 9.14. The molecule has 2 aromatic rings. The Morgan fingerprint density at radius 2 is 2.12 bits per heavy atom. The molecule has 0 atom stereocenters. The molecule has 0 saturated carbocycles. The third-order valence-electron chi connectivity index (χ3n) is 2.23. The van der Waals surface area contributed by atoms with Crippen molar-refractivity contribution < 1.29 is 4.79 Å². The Balaban J connectivity index is 2.18. The Kier molecular flexibility index (Phi) is 2.68. The van der Waals surface area contributed by atoms with Crippen molar-refractivity contribution in [2.45, 2.75) is 6.92 Å². The number of benzene rings is 1. The van der Waals surface area contributed by atoms with Crippen molar-refractivity contribution in [3.63, 3.8) is 0 Å². The minimum absolute atomic E-state index is 0.168. The van der Waals surface area contributed by atoms with E-state index in [-0.39, 0.29) is 5.91 Å². The number of hydrogen-bond acceptors (Lipinski definition) is 3. The van der Waals surface area contributed by atoms with E-state index in [1.54, 1.807) is 19.3 Å². The first kappa shape index (κ1) is 10.4. The number of aryl methyl sites for hydroxylation is 2. The van der Waals surface area contributed by atoms with Gasteiger partial charge in [0.05, 0.1) is 6.20 Å². The molecule has 0 aliphatic carbocycles. The highest BCUT2D eigenvalue weighted by molar-refractivity contribution is 6.04. The molecule has 82 valence electrons. The summed E-state index contributed by atoms with van der Waals surface area (Å²) in [5, 5.41) is 10.2. The van der Waals surface area contributed by atoms with Crippen LogP contribution < -0.4 is 5.32 Å². The number of anilines is 1. The summed E-state index contributed by atoms with van der Waals surface area (Å²) in [6.07, 6.45) is 1.65. The van der Waals surface area contributed by atoms with Crippen molar-refractivity contribution in [3.8, 4) is 0 Å². The lowest BCUT2D eigenvalue weighted by Gasteiger charge is -2.03. The largest absolute Gasteiger partial charge is 0.304 e. The van der Waals surface area contributed by atoms with Crippen molar-refractivity contribution in [2.75, 3.05) is 5.32 Å². The lowest BCUT2D eigenvalue weighted by Crippen LogP contribution is -2.13. The average molecular weight is 216 g/mol. The van der Waals surface area contributed by atoms with Crippen LogP contribution in [-0.4, -0.2) is 20.9 Å². The highest BCUT2D eigenvalue weighted by atomic mass is 16.1. The fraction of sp³-hybridized carbons (Fsp3) is 0.182. The summed E-state index contributed by atoms with van der Waals surface area (Å²) in [4.78, 5) is 11.9. The molecule has 0 aliphatic heterocycles. The molecule has 0 radical (unpaired) electrons. The fourth-order valence-corrected chi connectivity index (χ4v) is 1.42. The summed E-state index contributed by atoms with van der Waals surface area (Å²) in [6, 6.07) is 7.40. The summed E-state index contributed by atoms with van der Waals surface area (Å²) in [5.41, 5.74) is 1.58. The molecule has 2 rings (SSSR count). The molecule has 0 fully saturated rings. The van der Waals surface area contributed by atoms with Gasteiger partial charge >= 0.3 is 0 Å². The molecule has 0 saturated heterocycles. The van der Waals surface area contributed by atoms with Crippen molar-refractivity contribution in [3.05, 3.63) is 41.6 Å². The Bertz CT molecular complexity index is 518. The minimum atomic E-state index is -0.168. The molecule has 1 amide bonds. The molecule has 0 bridgehead atoms. The third-order valence-corrected chi connectivity index (χ3v) is 2.23. The Morgan fingerprint density at radius 1 is 1.38 bits per heavy atom. The van der Waals surface area contributed by atoms with E-state index in [9.17, 15) is 4.79 Å². The molecule has 1 aromatic heterocycles. The van der Waals surface area contributed by atoms with Crippen molar-refractivity contribution in [1.29, 1.82) is 0 Å². The lowest BCUT2D eigenvalue weighted by atomic mass is 10.1. The molecule has 5 heteroatoms. The van der Waals surface area contributed by atoms with Crippen LogP contribution in [0, 0.1) is 6.92 Å². The zero-order chi connectivity index (χ0) is 11.5. The Morgan fingerprint density at radius 3 is 2.75 bits per heavy atom. The quantitative estimate of drug-likeness (QED) is 0.824. The maximum Gasteiger partial charge on any atom is 0.257 e. The zero-order valence-electron chi connectivity index (χ0n) is 9.14. The molecule has 0 spiro atoms. The van der Waals surface area contributed by atoms with Crippen molar-refractivity contribution in [1.82, 2.24) is 15.0 Å². The van der Waals surface area contributed by atoms with Crippen LogP contribution in [0.4, 0.5) is 5.82 Å². The van der Waals surface area contributed by atoms with E-state index in [1.807, 2.05) is 25.1 Å². The summed E-state index contributed by atoms with van der Waals surface area (Å²) in [5.74, 6) is 0.286. The van der Waals surface area contributed by atoms with Crippen LogP contribution in [0.5, 0.6) is 0 Å². The molecule has 1 N–H and O–H groups in total. The average Bonchev–Trinajstić information content (AvgIpc) is 2.64. The predicted molar refractivity (Wildman–Crippen MR) is 60.1 cm³/mol. The first-order chi connectivity index (χ1) is 7.66. The summed E-state index contributed by atoms with van der Waals surface area (Å²) < 4.78 is 1.54. The van der Waals surface area contributed by atoms with Crippen molar-refractivity contribution >= 4 is 11.7 Å². The normalized spacial score (nSPS) is 10.1. The number of rotatable bonds is 2. The third kappa shape index (κ3) is 2.08. The van der Waals surface area contributed by atoms with E-state index in [2.05, 4.69) is 15.6 Å². The first-order valence-electron chi connectivity index (χ1n) is 4.90. The highest BCUT2D eigenvalue weighted by Gasteiger charge is 2.09. The Labute approximate surface area is 93.1 Å². The van der Waals surface area contributed by atoms with Crippen LogP contribution in [0.1, 0.15) is 15.9 Å². The molecule has 0 aliphatic rings. The van der Waals surface area contributed by atoms with Gasteiger partial charge in [0.25, 0.3) is 5.91 Å². The van der Waals surface area contributed by atoms with Gasteiger partial charge in [-0.05, 0) is 18.6 Å². The standard InChI is InChI=1S/C11H12N4O/c1-8-5-3-4-6-9(8)11(16)12-10-7-15(2)14-13-10/h3-7H,1-2H3,(H,12,16). The molecule has 0 unspecified atom stereocenters. The van der Waals surface area contributed by atoms with Gasteiger partial charge in [0.15, 0.2) is 5.82 Å². The highest BCUT2D eigenvalue weighted by Crippen LogP contribution is 2.09. The monoisotopic (exact) mass is 216 g/mol. The number of carbonyl (C=O) groups is 1. The van der Waals surface area contributed by atoms with Gasteiger partial charge in [-0.2, -0.15) is 0 Å². The molecule has 1 aromatic carbocycles. The second-order valence-corrected chi connectivity index (χ2v) is 3.55. The maximum atomic E-state index is 11.9. The maximum absolute atomic E-state index is 11.9. The van der Waals surface area contributed by atoms with E-state index in [4.69, 9.17) is 0 Å². The van der Waals surface area contributed by atoms with E-state index in [1.165, 1.54) is 4.68 Å². The van der Waals surface area contributed by atoms with Crippen LogP contribution in [-0.2, 0) is 7.05 Å².